The summed E-state index contributed by atoms with van der Waals surface area (Å²) < 4.78 is 0. The standard InChI is InChI=1S/C12H10Cl2N2/c1-8-7-15-12(14)16-11(8)6-9-2-4-10(13)5-3-9/h2-5,7H,6H2,1H3. The van der Waals surface area contributed by atoms with E-state index in [1.807, 2.05) is 31.2 Å². The summed E-state index contributed by atoms with van der Waals surface area (Å²) in [5.74, 6) is 0. The van der Waals surface area contributed by atoms with Crippen molar-refractivity contribution in [2.75, 3.05) is 0 Å². The zero-order valence-corrected chi connectivity index (χ0v) is 10.3. The molecule has 0 N–H and O–H groups in total. The van der Waals surface area contributed by atoms with Crippen molar-refractivity contribution in [2.24, 2.45) is 0 Å². The minimum absolute atomic E-state index is 0.287. The van der Waals surface area contributed by atoms with Gasteiger partial charge in [-0.15, -0.1) is 0 Å². The molecule has 0 amide bonds. The van der Waals surface area contributed by atoms with Crippen LogP contribution in [0.15, 0.2) is 30.5 Å². The highest BCUT2D eigenvalue weighted by Gasteiger charge is 2.03. The van der Waals surface area contributed by atoms with Crippen LogP contribution in [0.3, 0.4) is 0 Å². The van der Waals surface area contributed by atoms with Crippen molar-refractivity contribution in [2.45, 2.75) is 13.3 Å². The Labute approximate surface area is 104 Å². The Morgan fingerprint density at radius 1 is 1.12 bits per heavy atom. The third-order valence-corrected chi connectivity index (χ3v) is 2.77. The monoisotopic (exact) mass is 252 g/mol. The van der Waals surface area contributed by atoms with Gasteiger partial charge in [0.05, 0.1) is 5.69 Å². The Hall–Kier alpha value is -1.12. The van der Waals surface area contributed by atoms with Gasteiger partial charge < -0.3 is 0 Å². The number of rotatable bonds is 2. The molecule has 0 bridgehead atoms. The normalized spacial score (nSPS) is 10.4. The molecule has 0 aliphatic heterocycles. The number of halogens is 2. The van der Waals surface area contributed by atoms with E-state index in [2.05, 4.69) is 9.97 Å². The molecular weight excluding hydrogens is 243 g/mol. The van der Waals surface area contributed by atoms with Gasteiger partial charge in [-0.25, -0.2) is 9.97 Å². The molecule has 0 saturated heterocycles. The van der Waals surface area contributed by atoms with Crippen LogP contribution in [0.2, 0.25) is 10.3 Å². The second kappa shape index (κ2) is 4.81. The van der Waals surface area contributed by atoms with E-state index >= 15 is 0 Å². The SMILES string of the molecule is Cc1cnc(Cl)nc1Cc1ccc(Cl)cc1. The van der Waals surface area contributed by atoms with Crippen LogP contribution in [0.1, 0.15) is 16.8 Å². The zero-order chi connectivity index (χ0) is 11.5. The van der Waals surface area contributed by atoms with Gasteiger partial charge in [0.2, 0.25) is 5.28 Å². The lowest BCUT2D eigenvalue weighted by atomic mass is 10.1. The lowest BCUT2D eigenvalue weighted by Crippen LogP contribution is -1.97. The molecule has 2 nitrogen and oxygen atoms in total. The van der Waals surface area contributed by atoms with Crippen molar-refractivity contribution >= 4 is 23.2 Å². The fourth-order valence-electron chi connectivity index (χ4n) is 1.43. The van der Waals surface area contributed by atoms with Gasteiger partial charge >= 0.3 is 0 Å². The lowest BCUT2D eigenvalue weighted by Gasteiger charge is -2.04. The molecule has 0 atom stereocenters. The van der Waals surface area contributed by atoms with Gasteiger partial charge in [-0.1, -0.05) is 23.7 Å². The number of hydrogen-bond donors (Lipinski definition) is 0. The van der Waals surface area contributed by atoms with Crippen molar-refractivity contribution in [3.8, 4) is 0 Å². The summed E-state index contributed by atoms with van der Waals surface area (Å²) in [6.07, 6.45) is 2.48. The van der Waals surface area contributed by atoms with Crippen LogP contribution >= 0.6 is 23.2 Å². The van der Waals surface area contributed by atoms with E-state index in [1.165, 1.54) is 0 Å². The lowest BCUT2D eigenvalue weighted by molar-refractivity contribution is 0.996. The average Bonchev–Trinajstić information content (AvgIpc) is 2.27. The highest BCUT2D eigenvalue weighted by Crippen LogP contribution is 2.15. The van der Waals surface area contributed by atoms with Gasteiger partial charge in [-0.3, -0.25) is 0 Å². The minimum atomic E-state index is 0.287. The number of hydrogen-bond acceptors (Lipinski definition) is 2. The van der Waals surface area contributed by atoms with Crippen LogP contribution in [-0.4, -0.2) is 9.97 Å². The van der Waals surface area contributed by atoms with Crippen LogP contribution in [-0.2, 0) is 6.42 Å². The van der Waals surface area contributed by atoms with Gasteiger partial charge in [0.1, 0.15) is 0 Å². The van der Waals surface area contributed by atoms with Gasteiger partial charge in [0.15, 0.2) is 0 Å². The van der Waals surface area contributed by atoms with Gasteiger partial charge in [0.25, 0.3) is 0 Å². The van der Waals surface area contributed by atoms with Crippen LogP contribution in [0.25, 0.3) is 0 Å². The van der Waals surface area contributed by atoms with Crippen molar-refractivity contribution in [1.29, 1.82) is 0 Å². The molecule has 0 spiro atoms. The zero-order valence-electron chi connectivity index (χ0n) is 8.74. The van der Waals surface area contributed by atoms with E-state index in [1.54, 1.807) is 6.20 Å². The van der Waals surface area contributed by atoms with Gasteiger partial charge in [0, 0.05) is 17.6 Å². The summed E-state index contributed by atoms with van der Waals surface area (Å²) in [6, 6.07) is 7.71. The molecule has 0 aliphatic rings. The van der Waals surface area contributed by atoms with E-state index in [0.717, 1.165) is 28.3 Å². The quantitative estimate of drug-likeness (QED) is 0.763. The van der Waals surface area contributed by atoms with Crippen molar-refractivity contribution in [3.63, 3.8) is 0 Å². The minimum Gasteiger partial charge on any atom is -0.226 e. The van der Waals surface area contributed by atoms with Crippen LogP contribution in [0, 0.1) is 6.92 Å². The number of aryl methyl sites for hydroxylation is 1. The first kappa shape index (κ1) is 11.4. The Kier molecular flexibility index (Phi) is 3.42. The molecule has 0 aliphatic carbocycles. The third kappa shape index (κ3) is 2.71. The summed E-state index contributed by atoms with van der Waals surface area (Å²) in [6.45, 7) is 1.97. The van der Waals surface area contributed by atoms with Crippen LogP contribution in [0.5, 0.6) is 0 Å². The fourth-order valence-corrected chi connectivity index (χ4v) is 1.70. The summed E-state index contributed by atoms with van der Waals surface area (Å²) in [5.41, 5.74) is 3.14. The van der Waals surface area contributed by atoms with E-state index in [4.69, 9.17) is 23.2 Å². The smallest absolute Gasteiger partial charge is 0.222 e. The van der Waals surface area contributed by atoms with Gasteiger partial charge in [-0.05, 0) is 41.8 Å². The number of benzene rings is 1. The molecule has 0 radical (unpaired) electrons. The average molecular weight is 253 g/mol. The van der Waals surface area contributed by atoms with Crippen LogP contribution in [0.4, 0.5) is 0 Å². The molecule has 1 aromatic heterocycles. The summed E-state index contributed by atoms with van der Waals surface area (Å²) in [5, 5.41) is 1.02. The first-order valence-corrected chi connectivity index (χ1v) is 5.63. The largest absolute Gasteiger partial charge is 0.226 e. The predicted octanol–water partition coefficient (Wildman–Crippen LogP) is 3.68. The fraction of sp³-hybridized carbons (Fsp3) is 0.167. The maximum atomic E-state index is 5.82. The molecule has 2 aromatic rings. The highest BCUT2D eigenvalue weighted by molar-refractivity contribution is 6.30. The summed E-state index contributed by atoms with van der Waals surface area (Å²) in [7, 11) is 0. The first-order chi connectivity index (χ1) is 7.65. The number of aromatic nitrogens is 2. The topological polar surface area (TPSA) is 25.8 Å². The Bertz CT molecular complexity index is 495. The molecule has 1 aromatic carbocycles. The summed E-state index contributed by atoms with van der Waals surface area (Å²) >= 11 is 11.6. The molecule has 82 valence electrons. The first-order valence-electron chi connectivity index (χ1n) is 4.87. The Balaban J connectivity index is 2.26. The number of nitrogens with zero attached hydrogens (tertiary/aromatic N) is 2. The highest BCUT2D eigenvalue weighted by atomic mass is 35.5. The maximum Gasteiger partial charge on any atom is 0.222 e. The molecule has 16 heavy (non-hydrogen) atoms. The maximum absolute atomic E-state index is 5.82. The third-order valence-electron chi connectivity index (χ3n) is 2.33. The molecular formula is C12H10Cl2N2. The Morgan fingerprint density at radius 2 is 1.81 bits per heavy atom. The van der Waals surface area contributed by atoms with E-state index in [-0.39, 0.29) is 5.28 Å². The van der Waals surface area contributed by atoms with E-state index in [0.29, 0.717) is 0 Å². The molecule has 0 saturated carbocycles. The second-order valence-corrected chi connectivity index (χ2v) is 4.35. The van der Waals surface area contributed by atoms with Crippen molar-refractivity contribution in [1.82, 2.24) is 9.97 Å². The van der Waals surface area contributed by atoms with E-state index < -0.39 is 0 Å². The predicted molar refractivity (Wildman–Crippen MR) is 66.0 cm³/mol. The molecule has 0 unspecified atom stereocenters. The van der Waals surface area contributed by atoms with Gasteiger partial charge in [-0.2, -0.15) is 0 Å². The van der Waals surface area contributed by atoms with Crippen LogP contribution < -0.4 is 0 Å². The summed E-state index contributed by atoms with van der Waals surface area (Å²) in [4.78, 5) is 8.14. The molecule has 0 fully saturated rings. The molecule has 2 rings (SSSR count). The molecule has 4 heteroatoms. The van der Waals surface area contributed by atoms with E-state index in [9.17, 15) is 0 Å². The Morgan fingerprint density at radius 3 is 2.50 bits per heavy atom. The van der Waals surface area contributed by atoms with Crippen molar-refractivity contribution < 1.29 is 0 Å². The molecule has 1 heterocycles. The van der Waals surface area contributed by atoms with Crippen molar-refractivity contribution in [3.05, 3.63) is 57.6 Å². The second-order valence-electron chi connectivity index (χ2n) is 3.57.